The molecule has 1 aromatic heterocycles. The number of carbonyl (C=O) groups is 1. The summed E-state index contributed by atoms with van der Waals surface area (Å²) in [7, 11) is 0. The van der Waals surface area contributed by atoms with Crippen LogP contribution in [0.5, 0.6) is 0 Å². The Morgan fingerprint density at radius 1 is 1.63 bits per heavy atom. The van der Waals surface area contributed by atoms with Crippen LogP contribution in [0.4, 0.5) is 0 Å². The zero-order valence-corrected chi connectivity index (χ0v) is 12.0. The maximum absolute atomic E-state index is 11.6. The average Bonchev–Trinajstić information content (AvgIpc) is 2.30. The van der Waals surface area contributed by atoms with Gasteiger partial charge in [-0.05, 0) is 36.4 Å². The highest BCUT2D eigenvalue weighted by Crippen LogP contribution is 2.36. The zero-order chi connectivity index (χ0) is 14.0. The predicted molar refractivity (Wildman–Crippen MR) is 74.1 cm³/mol. The van der Waals surface area contributed by atoms with Crippen molar-refractivity contribution in [3.05, 3.63) is 29.0 Å². The summed E-state index contributed by atoms with van der Waals surface area (Å²) in [5.74, 6) is -0.755. The van der Waals surface area contributed by atoms with Crippen LogP contribution in [-0.4, -0.2) is 33.5 Å². The minimum Gasteiger partial charge on any atom is -0.480 e. The molecule has 0 aromatic carbocycles. The van der Waals surface area contributed by atoms with Gasteiger partial charge in [-0.25, -0.2) is 0 Å². The summed E-state index contributed by atoms with van der Waals surface area (Å²) in [5.41, 5.74) is 0.712. The molecule has 19 heavy (non-hydrogen) atoms. The van der Waals surface area contributed by atoms with Gasteiger partial charge in [-0.15, -0.1) is 0 Å². The summed E-state index contributed by atoms with van der Waals surface area (Å²) >= 11 is 6.11. The molecule has 4 nitrogen and oxygen atoms in total. The van der Waals surface area contributed by atoms with Crippen molar-refractivity contribution in [3.8, 4) is 0 Å². The third-order valence-corrected chi connectivity index (χ3v) is 4.18. The molecule has 0 radical (unpaired) electrons. The maximum Gasteiger partial charge on any atom is 0.321 e. The van der Waals surface area contributed by atoms with E-state index in [1.54, 1.807) is 12.4 Å². The second kappa shape index (κ2) is 5.47. The molecule has 0 saturated carbocycles. The Bertz CT molecular complexity index is 476. The van der Waals surface area contributed by atoms with E-state index in [0.29, 0.717) is 11.6 Å². The van der Waals surface area contributed by atoms with Gasteiger partial charge < -0.3 is 5.11 Å². The number of halogens is 1. The molecule has 0 aliphatic carbocycles. The summed E-state index contributed by atoms with van der Waals surface area (Å²) < 4.78 is 0. The number of hydrogen-bond donors (Lipinski definition) is 1. The Balaban J connectivity index is 2.23. The van der Waals surface area contributed by atoms with Crippen LogP contribution >= 0.6 is 11.6 Å². The third kappa shape index (κ3) is 3.07. The highest BCUT2D eigenvalue weighted by molar-refractivity contribution is 6.31. The number of aliphatic carboxylic acids is 1. The lowest BCUT2D eigenvalue weighted by molar-refractivity contribution is -0.151. The number of aromatic nitrogens is 1. The molecule has 1 N–H and O–H groups in total. The molecule has 2 heterocycles. The van der Waals surface area contributed by atoms with Crippen molar-refractivity contribution in [2.24, 2.45) is 5.41 Å². The van der Waals surface area contributed by atoms with E-state index in [9.17, 15) is 9.90 Å². The highest BCUT2D eigenvalue weighted by atomic mass is 35.5. The maximum atomic E-state index is 11.6. The summed E-state index contributed by atoms with van der Waals surface area (Å²) in [6, 6.07) is 1.38. The Labute approximate surface area is 118 Å². The van der Waals surface area contributed by atoms with E-state index in [4.69, 9.17) is 11.6 Å². The van der Waals surface area contributed by atoms with Crippen molar-refractivity contribution < 1.29 is 9.90 Å². The fourth-order valence-electron chi connectivity index (χ4n) is 2.91. The van der Waals surface area contributed by atoms with Gasteiger partial charge in [0.05, 0.1) is 5.02 Å². The molecule has 1 aliphatic rings. The smallest absolute Gasteiger partial charge is 0.321 e. The lowest BCUT2D eigenvalue weighted by Crippen LogP contribution is -2.53. The first-order valence-electron chi connectivity index (χ1n) is 6.47. The molecular weight excluding hydrogens is 264 g/mol. The largest absolute Gasteiger partial charge is 0.480 e. The minimum atomic E-state index is -0.755. The molecule has 1 atom stereocenters. The van der Waals surface area contributed by atoms with Crippen molar-refractivity contribution in [2.75, 3.05) is 6.54 Å². The van der Waals surface area contributed by atoms with Gasteiger partial charge >= 0.3 is 5.97 Å². The fraction of sp³-hybridized carbons (Fsp3) is 0.571. The van der Waals surface area contributed by atoms with Gasteiger partial charge in [0, 0.05) is 18.9 Å². The summed E-state index contributed by atoms with van der Waals surface area (Å²) in [5, 5.41) is 10.1. The van der Waals surface area contributed by atoms with Crippen molar-refractivity contribution in [3.63, 3.8) is 0 Å². The Morgan fingerprint density at radius 3 is 3.00 bits per heavy atom. The van der Waals surface area contributed by atoms with E-state index in [-0.39, 0.29) is 5.41 Å². The van der Waals surface area contributed by atoms with Crippen LogP contribution < -0.4 is 0 Å². The number of carboxylic acid groups (broad SMARTS) is 1. The van der Waals surface area contributed by atoms with E-state index in [0.717, 1.165) is 24.9 Å². The van der Waals surface area contributed by atoms with Crippen molar-refractivity contribution in [1.82, 2.24) is 9.88 Å². The van der Waals surface area contributed by atoms with Crippen molar-refractivity contribution in [1.29, 1.82) is 0 Å². The number of carboxylic acids is 1. The topological polar surface area (TPSA) is 53.4 Å². The SMILES string of the molecule is CC1(C)CCCN(Cc2ccncc2Cl)C1C(=O)O. The molecule has 0 amide bonds. The van der Waals surface area contributed by atoms with Gasteiger partial charge in [0.25, 0.3) is 0 Å². The van der Waals surface area contributed by atoms with E-state index < -0.39 is 12.0 Å². The van der Waals surface area contributed by atoms with Gasteiger partial charge in [0.2, 0.25) is 0 Å². The normalized spacial score (nSPS) is 23.2. The molecule has 0 spiro atoms. The summed E-state index contributed by atoms with van der Waals surface area (Å²) in [4.78, 5) is 17.5. The third-order valence-electron chi connectivity index (χ3n) is 3.84. The average molecular weight is 283 g/mol. The minimum absolute atomic E-state index is 0.219. The van der Waals surface area contributed by atoms with E-state index in [2.05, 4.69) is 4.98 Å². The lowest BCUT2D eigenvalue weighted by Gasteiger charge is -2.44. The Hall–Kier alpha value is -1.13. The molecule has 104 valence electrons. The van der Waals surface area contributed by atoms with Crippen LogP contribution in [0.15, 0.2) is 18.5 Å². The van der Waals surface area contributed by atoms with Gasteiger partial charge in [0.1, 0.15) is 6.04 Å². The van der Waals surface area contributed by atoms with Gasteiger partial charge in [0.15, 0.2) is 0 Å². The fourth-order valence-corrected chi connectivity index (χ4v) is 3.09. The van der Waals surface area contributed by atoms with E-state index in [1.807, 2.05) is 24.8 Å². The summed E-state index contributed by atoms with van der Waals surface area (Å²) in [6.45, 7) is 5.39. The van der Waals surface area contributed by atoms with E-state index >= 15 is 0 Å². The molecule has 1 fully saturated rings. The predicted octanol–water partition coefficient (Wildman–Crippen LogP) is 2.81. The van der Waals surface area contributed by atoms with Crippen LogP contribution in [0.3, 0.4) is 0 Å². The van der Waals surface area contributed by atoms with Gasteiger partial charge in [-0.1, -0.05) is 25.4 Å². The molecule has 1 aliphatic heterocycles. The van der Waals surface area contributed by atoms with Crippen LogP contribution in [0.2, 0.25) is 5.02 Å². The van der Waals surface area contributed by atoms with Crippen molar-refractivity contribution >= 4 is 17.6 Å². The quantitative estimate of drug-likeness (QED) is 0.926. The lowest BCUT2D eigenvalue weighted by atomic mass is 9.76. The first-order valence-corrected chi connectivity index (χ1v) is 6.85. The first-order chi connectivity index (χ1) is 8.92. The number of pyridine rings is 1. The van der Waals surface area contributed by atoms with E-state index in [1.165, 1.54) is 0 Å². The Morgan fingerprint density at radius 2 is 2.37 bits per heavy atom. The summed E-state index contributed by atoms with van der Waals surface area (Å²) in [6.07, 6.45) is 5.23. The molecular formula is C14H19ClN2O2. The number of rotatable bonds is 3. The molecule has 5 heteroatoms. The van der Waals surface area contributed by atoms with Crippen LogP contribution in [0, 0.1) is 5.41 Å². The van der Waals surface area contributed by atoms with Crippen LogP contribution in [0.25, 0.3) is 0 Å². The molecule has 0 bridgehead atoms. The van der Waals surface area contributed by atoms with Crippen LogP contribution in [-0.2, 0) is 11.3 Å². The standard InChI is InChI=1S/C14H19ClN2O2/c1-14(2)5-3-7-17(12(14)13(18)19)9-10-4-6-16-8-11(10)15/h4,6,8,12H,3,5,7,9H2,1-2H3,(H,18,19). The molecule has 1 aromatic rings. The number of piperidine rings is 1. The highest BCUT2D eigenvalue weighted by Gasteiger charge is 2.42. The number of likely N-dealkylation sites (tertiary alicyclic amines) is 1. The first kappa shape index (κ1) is 14.3. The number of hydrogen-bond acceptors (Lipinski definition) is 3. The zero-order valence-electron chi connectivity index (χ0n) is 11.3. The van der Waals surface area contributed by atoms with Gasteiger partial charge in [-0.2, -0.15) is 0 Å². The van der Waals surface area contributed by atoms with Gasteiger partial charge in [-0.3, -0.25) is 14.7 Å². The Kier molecular flexibility index (Phi) is 4.11. The second-order valence-electron chi connectivity index (χ2n) is 5.77. The molecule has 2 rings (SSSR count). The molecule has 1 saturated heterocycles. The number of nitrogens with zero attached hydrogens (tertiary/aromatic N) is 2. The van der Waals surface area contributed by atoms with Crippen LogP contribution in [0.1, 0.15) is 32.3 Å². The molecule has 1 unspecified atom stereocenters. The monoisotopic (exact) mass is 282 g/mol. The van der Waals surface area contributed by atoms with Crippen molar-refractivity contribution in [2.45, 2.75) is 39.3 Å². The second-order valence-corrected chi connectivity index (χ2v) is 6.18.